The van der Waals surface area contributed by atoms with Crippen LogP contribution in [0.2, 0.25) is 0 Å². The summed E-state index contributed by atoms with van der Waals surface area (Å²) < 4.78 is 3.82. The smallest absolute Gasteiger partial charge is 0.1000 e. The molecule has 70 heavy (non-hydrogen) atoms. The van der Waals surface area contributed by atoms with Crippen molar-refractivity contribution >= 4 is 175 Å². The molecule has 0 aliphatic rings. The van der Waals surface area contributed by atoms with Gasteiger partial charge in [0.15, 0.2) is 0 Å². The van der Waals surface area contributed by atoms with E-state index < -0.39 is 0 Å². The van der Waals surface area contributed by atoms with Crippen LogP contribution in [0.5, 0.6) is 0 Å². The molecule has 4 nitrogen and oxygen atoms in total. The van der Waals surface area contributed by atoms with Crippen molar-refractivity contribution in [1.29, 1.82) is 0 Å². The maximum absolute atomic E-state index is 4.15. The van der Waals surface area contributed by atoms with Crippen LogP contribution in [-0.4, -0.2) is 0 Å². The van der Waals surface area contributed by atoms with Gasteiger partial charge in [-0.2, -0.15) is 0 Å². The van der Waals surface area contributed by atoms with E-state index in [0.717, 1.165) is 106 Å². The molecule has 0 unspecified atom stereocenters. The fourth-order valence-corrected chi connectivity index (χ4v) is 13.9. The van der Waals surface area contributed by atoms with Crippen molar-refractivity contribution in [3.8, 4) is 22.3 Å². The molecular formula is C58H38Br4N4S4. The molecular weight excluding hydrogens is 1200 g/mol. The maximum Gasteiger partial charge on any atom is 0.1000 e. The van der Waals surface area contributed by atoms with E-state index in [2.05, 4.69) is 311 Å². The summed E-state index contributed by atoms with van der Waals surface area (Å²) in [5.74, 6) is 0. The normalized spacial score (nSPS) is 11.1. The van der Waals surface area contributed by atoms with Crippen LogP contribution in [0.15, 0.2) is 246 Å². The van der Waals surface area contributed by atoms with E-state index in [1.807, 2.05) is 0 Å². The third kappa shape index (κ3) is 9.40. The highest BCUT2D eigenvalue weighted by molar-refractivity contribution is 9.11. The van der Waals surface area contributed by atoms with Gasteiger partial charge in [0, 0.05) is 40.6 Å². The largest absolute Gasteiger partial charge is 0.300 e. The molecule has 0 radical (unpaired) electrons. The number of nitrogens with zero attached hydrogens (tertiary/aromatic N) is 4. The minimum atomic E-state index is 0.950. The Morgan fingerprint density at radius 2 is 0.471 bits per heavy atom. The predicted octanol–water partition coefficient (Wildman–Crippen LogP) is 22.2. The van der Waals surface area contributed by atoms with Gasteiger partial charge in [-0.15, -0.1) is 45.3 Å². The summed E-state index contributed by atoms with van der Waals surface area (Å²) >= 11 is 23.5. The van der Waals surface area contributed by atoms with Gasteiger partial charge in [0.2, 0.25) is 0 Å². The van der Waals surface area contributed by atoms with Crippen LogP contribution in [0.25, 0.3) is 22.3 Å². The predicted molar refractivity (Wildman–Crippen MR) is 318 cm³/mol. The Kier molecular flexibility index (Phi) is 14.1. The lowest BCUT2D eigenvalue weighted by Gasteiger charge is -2.33. The van der Waals surface area contributed by atoms with E-state index in [1.165, 1.54) is 0 Å². The lowest BCUT2D eigenvalue weighted by atomic mass is 9.97. The molecule has 11 rings (SSSR count). The number of rotatable bonds is 14. The van der Waals surface area contributed by atoms with E-state index in [1.54, 1.807) is 45.3 Å². The van der Waals surface area contributed by atoms with Gasteiger partial charge in [-0.25, -0.2) is 0 Å². The zero-order valence-electron chi connectivity index (χ0n) is 36.9. The van der Waals surface area contributed by atoms with Gasteiger partial charge < -0.3 is 0 Å². The Bertz CT molecular complexity index is 3250. The van der Waals surface area contributed by atoms with Crippen LogP contribution in [-0.2, 0) is 0 Å². The van der Waals surface area contributed by atoms with E-state index in [0.29, 0.717) is 0 Å². The second-order valence-electron chi connectivity index (χ2n) is 15.9. The minimum Gasteiger partial charge on any atom is -0.300 e. The van der Waals surface area contributed by atoms with Crippen molar-refractivity contribution in [3.63, 3.8) is 0 Å². The topological polar surface area (TPSA) is 13.0 Å². The Balaban J connectivity index is 1.11. The second kappa shape index (κ2) is 21.0. The van der Waals surface area contributed by atoms with E-state index in [-0.39, 0.29) is 0 Å². The molecule has 0 N–H and O–H groups in total. The Labute approximate surface area is 457 Å². The van der Waals surface area contributed by atoms with Crippen molar-refractivity contribution < 1.29 is 0 Å². The van der Waals surface area contributed by atoms with Gasteiger partial charge in [-0.1, -0.05) is 137 Å². The summed E-state index contributed by atoms with van der Waals surface area (Å²) in [4.78, 5) is 9.46. The molecule has 0 saturated heterocycles. The molecule has 342 valence electrons. The summed E-state index contributed by atoms with van der Waals surface area (Å²) in [6, 6.07) is 73.4. The third-order valence-electron chi connectivity index (χ3n) is 11.7. The van der Waals surface area contributed by atoms with Crippen LogP contribution in [0.4, 0.5) is 65.5 Å². The first-order chi connectivity index (χ1) is 34.4. The first-order valence-electron chi connectivity index (χ1n) is 22.1. The van der Waals surface area contributed by atoms with Gasteiger partial charge >= 0.3 is 0 Å². The molecule has 0 aliphatic heterocycles. The summed E-state index contributed by atoms with van der Waals surface area (Å²) in [6.07, 6.45) is 0. The van der Waals surface area contributed by atoms with Gasteiger partial charge in [0.1, 0.15) is 0 Å². The van der Waals surface area contributed by atoms with Crippen molar-refractivity contribution in [2.24, 2.45) is 0 Å². The molecule has 0 aliphatic carbocycles. The van der Waals surface area contributed by atoms with Gasteiger partial charge in [0.05, 0.1) is 42.8 Å². The number of halogens is 4. The molecule has 0 amide bonds. The van der Waals surface area contributed by atoms with Gasteiger partial charge in [-0.3, -0.25) is 19.6 Å². The highest BCUT2D eigenvalue weighted by Gasteiger charge is 2.29. The molecule has 0 fully saturated rings. The SMILES string of the molecule is Brc1cc(-c2cc(N(c3ccccc3)c3cccs3)c(N(c3ccccc3)c3cccs3)cc2Br)c(Br)cc1-c1cc(N(c2ccccc2)c2cccs2)c(N(c2ccccc2)c2cccs2)cc1Br. The number of benzene rings is 7. The fourth-order valence-electron chi connectivity index (χ4n) is 8.63. The second-order valence-corrected chi connectivity index (χ2v) is 23.1. The van der Waals surface area contributed by atoms with Crippen molar-refractivity contribution in [3.05, 3.63) is 246 Å². The van der Waals surface area contributed by atoms with E-state index in [4.69, 9.17) is 0 Å². The monoisotopic (exact) mass is 1230 g/mol. The first-order valence-corrected chi connectivity index (χ1v) is 28.8. The highest BCUT2D eigenvalue weighted by atomic mass is 79.9. The fraction of sp³-hybridized carbons (Fsp3) is 0. The number of thiophene rings is 4. The summed E-state index contributed by atoms with van der Waals surface area (Å²) in [5.41, 5.74) is 12.5. The number of hydrogen-bond donors (Lipinski definition) is 0. The molecule has 12 heteroatoms. The van der Waals surface area contributed by atoms with E-state index in [9.17, 15) is 0 Å². The van der Waals surface area contributed by atoms with Crippen LogP contribution >= 0.6 is 109 Å². The van der Waals surface area contributed by atoms with Crippen molar-refractivity contribution in [2.45, 2.75) is 0 Å². The lowest BCUT2D eigenvalue weighted by Crippen LogP contribution is -2.16. The van der Waals surface area contributed by atoms with Crippen LogP contribution in [0, 0.1) is 0 Å². The molecule has 0 bridgehead atoms. The molecule has 0 atom stereocenters. The highest BCUT2D eigenvalue weighted by Crippen LogP contribution is 2.54. The molecule has 4 aromatic heterocycles. The Morgan fingerprint density at radius 3 is 0.714 bits per heavy atom. The summed E-state index contributed by atoms with van der Waals surface area (Å²) in [6.45, 7) is 0. The molecule has 4 heterocycles. The zero-order chi connectivity index (χ0) is 47.6. The first kappa shape index (κ1) is 46.8. The third-order valence-corrected chi connectivity index (χ3v) is 17.7. The molecule has 7 aromatic carbocycles. The van der Waals surface area contributed by atoms with Crippen LogP contribution in [0.3, 0.4) is 0 Å². The van der Waals surface area contributed by atoms with E-state index >= 15 is 0 Å². The summed E-state index contributed by atoms with van der Waals surface area (Å²) in [5, 5.41) is 13.0. The van der Waals surface area contributed by atoms with Gasteiger partial charge in [0.25, 0.3) is 0 Å². The maximum atomic E-state index is 4.15. The number of anilines is 12. The molecule has 11 aromatic rings. The average Bonchev–Trinajstić information content (AvgIpc) is 4.27. The Morgan fingerprint density at radius 1 is 0.243 bits per heavy atom. The lowest BCUT2D eigenvalue weighted by molar-refractivity contribution is 1.25. The Hall–Kier alpha value is -5.54. The van der Waals surface area contributed by atoms with Gasteiger partial charge in [-0.05, 0) is 177 Å². The standard InChI is InChI=1S/C58H38Br4N4S4/c59-47-34-44(46-36-52(64(56-26-14-30-68-56)40-19-7-2-8-20-40)54(38-50(46)62)66(58-28-16-32-70-58)42-23-11-4-12-24-42)48(60)33-43(47)45-35-51(63(55-25-13-29-67-55)39-17-5-1-6-18-39)53(37-49(45)61)65(57-27-15-31-69-57)41-21-9-3-10-22-41/h1-38H. The summed E-state index contributed by atoms with van der Waals surface area (Å²) in [7, 11) is 0. The van der Waals surface area contributed by atoms with Crippen molar-refractivity contribution in [1.82, 2.24) is 0 Å². The quantitative estimate of drug-likeness (QED) is 0.108. The van der Waals surface area contributed by atoms with Crippen LogP contribution in [0.1, 0.15) is 0 Å². The van der Waals surface area contributed by atoms with Crippen molar-refractivity contribution in [2.75, 3.05) is 19.6 Å². The molecule has 0 spiro atoms. The average molecular weight is 1240 g/mol. The zero-order valence-corrected chi connectivity index (χ0v) is 46.5. The van der Waals surface area contributed by atoms with Crippen LogP contribution < -0.4 is 19.6 Å². The number of hydrogen-bond acceptors (Lipinski definition) is 8. The number of para-hydroxylation sites is 4. The minimum absolute atomic E-state index is 0.950. The molecule has 0 saturated carbocycles.